The third kappa shape index (κ3) is 6.59. The van der Waals surface area contributed by atoms with Crippen molar-refractivity contribution in [2.45, 2.75) is 58.3 Å². The van der Waals surface area contributed by atoms with E-state index in [0.29, 0.717) is 24.5 Å². The van der Waals surface area contributed by atoms with Gasteiger partial charge in [0.05, 0.1) is 6.04 Å². The van der Waals surface area contributed by atoms with Crippen LogP contribution in [0.5, 0.6) is 0 Å². The number of hydrogen-bond donors (Lipinski definition) is 3. The molecule has 0 spiro atoms. The molecule has 0 bridgehead atoms. The summed E-state index contributed by atoms with van der Waals surface area (Å²) in [4.78, 5) is 39.3. The molecule has 1 aliphatic rings. The van der Waals surface area contributed by atoms with Crippen LogP contribution in [0.15, 0.2) is 24.3 Å². The van der Waals surface area contributed by atoms with E-state index in [9.17, 15) is 14.4 Å². The van der Waals surface area contributed by atoms with Crippen LogP contribution in [0.1, 0.15) is 39.2 Å². The lowest BCUT2D eigenvalue weighted by molar-refractivity contribution is -0.142. The molecular formula is C20H30Cl2N4O3. The van der Waals surface area contributed by atoms with Crippen molar-refractivity contribution in [2.24, 2.45) is 11.7 Å². The van der Waals surface area contributed by atoms with E-state index in [-0.39, 0.29) is 36.0 Å². The lowest BCUT2D eigenvalue weighted by Gasteiger charge is -2.31. The third-order valence-electron chi connectivity index (χ3n) is 4.89. The number of carbonyl (C=O) groups is 3. The molecule has 1 saturated heterocycles. The number of nitrogens with two attached hydrogens (primary N) is 1. The zero-order valence-corrected chi connectivity index (χ0v) is 18.6. The minimum atomic E-state index is -0.713. The van der Waals surface area contributed by atoms with E-state index >= 15 is 0 Å². The van der Waals surface area contributed by atoms with Crippen LogP contribution in [-0.2, 0) is 20.9 Å². The van der Waals surface area contributed by atoms with Gasteiger partial charge in [-0.25, -0.2) is 0 Å². The van der Waals surface area contributed by atoms with Crippen LogP contribution in [0.4, 0.5) is 0 Å². The lowest BCUT2D eigenvalue weighted by atomic mass is 10.0. The average Bonchev–Trinajstić information content (AvgIpc) is 3.14. The summed E-state index contributed by atoms with van der Waals surface area (Å²) in [5.74, 6) is -0.972. The van der Waals surface area contributed by atoms with Crippen LogP contribution < -0.4 is 16.4 Å². The van der Waals surface area contributed by atoms with Crippen molar-refractivity contribution in [3.63, 3.8) is 0 Å². The second kappa shape index (κ2) is 11.4. The SMILES string of the molecule is CC(C)[C@H](NC(=O)[C@H](C)N)C(=O)N1CCC[C@H]1C(=O)NCc1ccccc1Cl.Cl. The molecule has 1 heterocycles. The fourth-order valence-corrected chi connectivity index (χ4v) is 3.42. The Labute approximate surface area is 183 Å². The Morgan fingerprint density at radius 3 is 2.48 bits per heavy atom. The fraction of sp³-hybridized carbons (Fsp3) is 0.550. The largest absolute Gasteiger partial charge is 0.350 e. The smallest absolute Gasteiger partial charge is 0.246 e. The van der Waals surface area contributed by atoms with Crippen molar-refractivity contribution in [1.82, 2.24) is 15.5 Å². The summed E-state index contributed by atoms with van der Waals surface area (Å²) < 4.78 is 0. The van der Waals surface area contributed by atoms with Gasteiger partial charge in [-0.3, -0.25) is 14.4 Å². The molecule has 7 nitrogen and oxygen atoms in total. The van der Waals surface area contributed by atoms with Crippen LogP contribution in [0.2, 0.25) is 5.02 Å². The maximum atomic E-state index is 13.1. The Morgan fingerprint density at radius 1 is 1.24 bits per heavy atom. The van der Waals surface area contributed by atoms with Gasteiger partial charge in [-0.1, -0.05) is 43.6 Å². The number of halogens is 2. The van der Waals surface area contributed by atoms with Crippen LogP contribution >= 0.6 is 24.0 Å². The Morgan fingerprint density at radius 2 is 1.90 bits per heavy atom. The molecule has 4 N–H and O–H groups in total. The highest BCUT2D eigenvalue weighted by Gasteiger charge is 2.38. The minimum Gasteiger partial charge on any atom is -0.350 e. The lowest BCUT2D eigenvalue weighted by Crippen LogP contribution is -2.56. The average molecular weight is 445 g/mol. The van der Waals surface area contributed by atoms with Crippen LogP contribution in [0, 0.1) is 5.92 Å². The number of amides is 3. The first-order chi connectivity index (χ1) is 13.2. The van der Waals surface area contributed by atoms with Crippen molar-refractivity contribution < 1.29 is 14.4 Å². The molecule has 0 radical (unpaired) electrons. The molecular weight excluding hydrogens is 415 g/mol. The van der Waals surface area contributed by atoms with Crippen molar-refractivity contribution in [2.75, 3.05) is 6.54 Å². The van der Waals surface area contributed by atoms with E-state index in [1.54, 1.807) is 17.9 Å². The second-order valence-corrected chi connectivity index (χ2v) is 7.93. The van der Waals surface area contributed by atoms with Crippen molar-refractivity contribution >= 4 is 41.7 Å². The molecule has 0 unspecified atom stereocenters. The molecule has 0 aromatic heterocycles. The summed E-state index contributed by atoms with van der Waals surface area (Å²) in [7, 11) is 0. The maximum Gasteiger partial charge on any atom is 0.246 e. The topological polar surface area (TPSA) is 105 Å². The highest BCUT2D eigenvalue weighted by atomic mass is 35.5. The highest BCUT2D eigenvalue weighted by molar-refractivity contribution is 6.31. The molecule has 3 atom stereocenters. The number of hydrogen-bond acceptors (Lipinski definition) is 4. The van der Waals surface area contributed by atoms with Gasteiger partial charge in [0.1, 0.15) is 12.1 Å². The van der Waals surface area contributed by atoms with Crippen molar-refractivity contribution in [3.05, 3.63) is 34.9 Å². The summed E-state index contributed by atoms with van der Waals surface area (Å²) in [6.45, 7) is 6.06. The fourth-order valence-electron chi connectivity index (χ4n) is 3.22. The van der Waals surface area contributed by atoms with Gasteiger partial charge < -0.3 is 21.3 Å². The monoisotopic (exact) mass is 444 g/mol. The van der Waals surface area contributed by atoms with Gasteiger partial charge in [0.25, 0.3) is 0 Å². The number of likely N-dealkylation sites (tertiary alicyclic amines) is 1. The molecule has 9 heteroatoms. The van der Waals surface area contributed by atoms with Gasteiger partial charge in [-0.2, -0.15) is 0 Å². The summed E-state index contributed by atoms with van der Waals surface area (Å²) in [6, 6.07) is 5.32. The predicted molar refractivity (Wildman–Crippen MR) is 116 cm³/mol. The number of carbonyl (C=O) groups excluding carboxylic acids is 3. The van der Waals surface area contributed by atoms with Crippen LogP contribution in [0.3, 0.4) is 0 Å². The van der Waals surface area contributed by atoms with Gasteiger partial charge in [0.2, 0.25) is 17.7 Å². The van der Waals surface area contributed by atoms with E-state index < -0.39 is 18.1 Å². The van der Waals surface area contributed by atoms with Crippen LogP contribution in [0.25, 0.3) is 0 Å². The molecule has 0 aliphatic carbocycles. The minimum absolute atomic E-state index is 0. The van der Waals surface area contributed by atoms with Gasteiger partial charge in [0, 0.05) is 18.1 Å². The van der Waals surface area contributed by atoms with E-state index in [4.69, 9.17) is 17.3 Å². The quantitative estimate of drug-likeness (QED) is 0.596. The standard InChI is InChI=1S/C20H29ClN4O3.ClH/c1-12(2)17(24-18(26)13(3)22)20(28)25-10-6-9-16(25)19(27)23-11-14-7-4-5-8-15(14)21;/h4-5,7-8,12-13,16-17H,6,9-11,22H2,1-3H3,(H,23,27)(H,24,26);1H/t13-,16-,17-;/m0./s1. The van der Waals surface area contributed by atoms with E-state index in [1.807, 2.05) is 32.0 Å². The molecule has 1 fully saturated rings. The Bertz CT molecular complexity index is 727. The zero-order valence-electron chi connectivity index (χ0n) is 17.0. The zero-order chi connectivity index (χ0) is 20.8. The molecule has 1 aromatic carbocycles. The summed E-state index contributed by atoms with van der Waals surface area (Å²) in [5, 5.41) is 6.17. The predicted octanol–water partition coefficient (Wildman–Crippen LogP) is 1.86. The van der Waals surface area contributed by atoms with Gasteiger partial charge >= 0.3 is 0 Å². The molecule has 0 saturated carbocycles. The molecule has 3 amide bonds. The molecule has 1 aliphatic heterocycles. The normalized spacial score (nSPS) is 18.0. The molecule has 162 valence electrons. The van der Waals surface area contributed by atoms with E-state index in [0.717, 1.165) is 12.0 Å². The van der Waals surface area contributed by atoms with Crippen molar-refractivity contribution in [3.8, 4) is 0 Å². The summed E-state index contributed by atoms with van der Waals surface area (Å²) in [5.41, 5.74) is 6.43. The number of rotatable bonds is 7. The first-order valence-corrected chi connectivity index (χ1v) is 9.97. The summed E-state index contributed by atoms with van der Waals surface area (Å²) in [6.07, 6.45) is 1.33. The number of nitrogens with zero attached hydrogens (tertiary/aromatic N) is 1. The Kier molecular flexibility index (Phi) is 9.89. The number of nitrogens with one attached hydrogen (secondary N) is 2. The third-order valence-corrected chi connectivity index (χ3v) is 5.26. The van der Waals surface area contributed by atoms with E-state index in [2.05, 4.69) is 10.6 Å². The van der Waals surface area contributed by atoms with Gasteiger partial charge in [0.15, 0.2) is 0 Å². The maximum absolute atomic E-state index is 13.1. The highest BCUT2D eigenvalue weighted by Crippen LogP contribution is 2.21. The first-order valence-electron chi connectivity index (χ1n) is 9.60. The molecule has 2 rings (SSSR count). The van der Waals surface area contributed by atoms with E-state index in [1.165, 1.54) is 0 Å². The summed E-state index contributed by atoms with van der Waals surface area (Å²) >= 11 is 6.13. The van der Waals surface area contributed by atoms with Gasteiger partial charge in [-0.05, 0) is 37.3 Å². The molecule has 29 heavy (non-hydrogen) atoms. The van der Waals surface area contributed by atoms with Gasteiger partial charge in [-0.15, -0.1) is 12.4 Å². The second-order valence-electron chi connectivity index (χ2n) is 7.52. The first kappa shape index (κ1) is 25.2. The number of benzene rings is 1. The van der Waals surface area contributed by atoms with Crippen molar-refractivity contribution in [1.29, 1.82) is 0 Å². The Balaban J connectivity index is 0.00000420. The Hall–Kier alpha value is -1.83. The molecule has 1 aromatic rings. The van der Waals surface area contributed by atoms with Crippen LogP contribution in [-0.4, -0.2) is 47.3 Å².